The fraction of sp³-hybridized carbons (Fsp3) is 0.636. The van der Waals surface area contributed by atoms with Crippen molar-refractivity contribution < 1.29 is 0 Å². The van der Waals surface area contributed by atoms with Gasteiger partial charge >= 0.3 is 0 Å². The maximum Gasteiger partial charge on any atom is 0.0392 e. The van der Waals surface area contributed by atoms with Crippen LogP contribution in [0.4, 0.5) is 0 Å². The van der Waals surface area contributed by atoms with E-state index in [0.717, 1.165) is 12.3 Å². The van der Waals surface area contributed by atoms with E-state index >= 15 is 0 Å². The average molecular weight is 197 g/mol. The van der Waals surface area contributed by atoms with E-state index in [4.69, 9.17) is 5.73 Å². The Balaban J connectivity index is 2.45. The van der Waals surface area contributed by atoms with E-state index < -0.39 is 0 Å². The van der Waals surface area contributed by atoms with Gasteiger partial charge in [-0.1, -0.05) is 32.8 Å². The molecule has 0 aromatic carbocycles. The number of rotatable bonds is 5. The Labute approximate surface area is 85.0 Å². The molecule has 1 heterocycles. The molecule has 0 spiro atoms. The first-order chi connectivity index (χ1) is 6.27. The molecule has 1 aromatic rings. The summed E-state index contributed by atoms with van der Waals surface area (Å²) in [6.45, 7) is 4.49. The first-order valence-electron chi connectivity index (χ1n) is 5.06. The summed E-state index contributed by atoms with van der Waals surface area (Å²) in [5.74, 6) is 0.789. The lowest BCUT2D eigenvalue weighted by molar-refractivity contribution is 0.417. The van der Waals surface area contributed by atoms with Gasteiger partial charge in [-0.2, -0.15) is 0 Å². The Morgan fingerprint density at radius 3 is 2.54 bits per heavy atom. The number of nitrogens with two attached hydrogens (primary N) is 1. The maximum atomic E-state index is 6.10. The van der Waals surface area contributed by atoms with Gasteiger partial charge in [-0.3, -0.25) is 0 Å². The molecule has 2 heteroatoms. The smallest absolute Gasteiger partial charge is 0.0392 e. The van der Waals surface area contributed by atoms with Gasteiger partial charge in [0.05, 0.1) is 0 Å². The van der Waals surface area contributed by atoms with Gasteiger partial charge in [-0.05, 0) is 23.8 Å². The predicted molar refractivity (Wildman–Crippen MR) is 59.9 cm³/mol. The summed E-state index contributed by atoms with van der Waals surface area (Å²) in [6.07, 6.45) is 3.62. The topological polar surface area (TPSA) is 26.0 Å². The van der Waals surface area contributed by atoms with Gasteiger partial charge in [-0.15, -0.1) is 11.3 Å². The molecule has 0 fully saturated rings. The Bertz CT molecular complexity index is 214. The van der Waals surface area contributed by atoms with E-state index in [-0.39, 0.29) is 6.04 Å². The summed E-state index contributed by atoms with van der Waals surface area (Å²) in [7, 11) is 0. The van der Waals surface area contributed by atoms with Crippen molar-refractivity contribution >= 4 is 11.3 Å². The van der Waals surface area contributed by atoms with Gasteiger partial charge in [0.2, 0.25) is 0 Å². The minimum atomic E-state index is 0.255. The second kappa shape index (κ2) is 5.40. The van der Waals surface area contributed by atoms with E-state index in [1.807, 2.05) is 0 Å². The van der Waals surface area contributed by atoms with Crippen molar-refractivity contribution in [1.29, 1.82) is 0 Å². The predicted octanol–water partition coefficient (Wildman–Crippen LogP) is 3.57. The van der Waals surface area contributed by atoms with Gasteiger partial charge in [0.25, 0.3) is 0 Å². The minimum Gasteiger partial charge on any atom is -0.323 e. The monoisotopic (exact) mass is 197 g/mol. The van der Waals surface area contributed by atoms with Gasteiger partial charge in [0.1, 0.15) is 0 Å². The molecule has 0 saturated carbocycles. The van der Waals surface area contributed by atoms with Crippen LogP contribution >= 0.6 is 11.3 Å². The Morgan fingerprint density at radius 2 is 2.08 bits per heavy atom. The average Bonchev–Trinajstić information content (AvgIpc) is 2.66. The molecule has 1 atom stereocenters. The van der Waals surface area contributed by atoms with Crippen LogP contribution in [0.5, 0.6) is 0 Å². The Kier molecular flexibility index (Phi) is 4.46. The van der Waals surface area contributed by atoms with E-state index in [0.29, 0.717) is 0 Å². The molecule has 2 N–H and O–H groups in total. The molecule has 74 valence electrons. The normalized spacial score (nSPS) is 13.5. The molecule has 1 nitrogen and oxygen atoms in total. The molecule has 0 aliphatic carbocycles. The van der Waals surface area contributed by atoms with Gasteiger partial charge in [0, 0.05) is 10.9 Å². The highest BCUT2D eigenvalue weighted by Crippen LogP contribution is 2.25. The minimum absolute atomic E-state index is 0.255. The zero-order valence-corrected chi connectivity index (χ0v) is 9.31. The second-order valence-corrected chi connectivity index (χ2v) is 4.52. The Morgan fingerprint density at radius 1 is 1.38 bits per heavy atom. The van der Waals surface area contributed by atoms with E-state index in [1.165, 1.54) is 17.7 Å². The zero-order chi connectivity index (χ0) is 9.68. The van der Waals surface area contributed by atoms with Gasteiger partial charge < -0.3 is 5.73 Å². The number of hydrogen-bond acceptors (Lipinski definition) is 2. The van der Waals surface area contributed by atoms with Crippen molar-refractivity contribution in [3.05, 3.63) is 22.4 Å². The summed E-state index contributed by atoms with van der Waals surface area (Å²) in [5.41, 5.74) is 6.10. The molecule has 1 unspecified atom stereocenters. The quantitative estimate of drug-likeness (QED) is 0.767. The van der Waals surface area contributed by atoms with Crippen molar-refractivity contribution in [2.24, 2.45) is 11.7 Å². The molecule has 0 saturated heterocycles. The van der Waals surface area contributed by atoms with E-state index in [9.17, 15) is 0 Å². The first kappa shape index (κ1) is 10.7. The highest BCUT2D eigenvalue weighted by Gasteiger charge is 2.12. The molecular formula is C11H19NS. The van der Waals surface area contributed by atoms with Crippen molar-refractivity contribution in [2.75, 3.05) is 0 Å². The van der Waals surface area contributed by atoms with Crippen LogP contribution in [-0.4, -0.2) is 0 Å². The van der Waals surface area contributed by atoms with Crippen molar-refractivity contribution in [1.82, 2.24) is 0 Å². The standard InChI is InChI=1S/C11H19NS/c1-3-9(4-2)8-10(12)11-6-5-7-13-11/h5-7,9-10H,3-4,8,12H2,1-2H3. The molecule has 0 bridgehead atoms. The summed E-state index contributed by atoms with van der Waals surface area (Å²) in [4.78, 5) is 1.33. The fourth-order valence-electron chi connectivity index (χ4n) is 1.60. The third-order valence-electron chi connectivity index (χ3n) is 2.65. The summed E-state index contributed by atoms with van der Waals surface area (Å²) < 4.78 is 0. The lowest BCUT2D eigenvalue weighted by Gasteiger charge is -2.16. The third-order valence-corrected chi connectivity index (χ3v) is 3.65. The second-order valence-electron chi connectivity index (χ2n) is 3.54. The van der Waals surface area contributed by atoms with E-state index in [2.05, 4.69) is 31.4 Å². The van der Waals surface area contributed by atoms with E-state index in [1.54, 1.807) is 11.3 Å². The largest absolute Gasteiger partial charge is 0.323 e. The van der Waals surface area contributed by atoms with Crippen LogP contribution in [0, 0.1) is 5.92 Å². The molecule has 1 aromatic heterocycles. The summed E-state index contributed by atoms with van der Waals surface area (Å²) in [5, 5.41) is 2.10. The molecule has 13 heavy (non-hydrogen) atoms. The molecule has 1 rings (SSSR count). The third kappa shape index (κ3) is 3.12. The lowest BCUT2D eigenvalue weighted by Crippen LogP contribution is -2.13. The molecule has 0 aliphatic rings. The molecule has 0 amide bonds. The Hall–Kier alpha value is -0.340. The highest BCUT2D eigenvalue weighted by atomic mass is 32.1. The SMILES string of the molecule is CCC(CC)CC(N)c1cccs1. The molecule has 0 aliphatic heterocycles. The van der Waals surface area contributed by atoms with Gasteiger partial charge in [-0.25, -0.2) is 0 Å². The number of hydrogen-bond donors (Lipinski definition) is 1. The first-order valence-corrected chi connectivity index (χ1v) is 5.94. The van der Waals surface area contributed by atoms with Crippen molar-refractivity contribution in [2.45, 2.75) is 39.2 Å². The highest BCUT2D eigenvalue weighted by molar-refractivity contribution is 7.10. The molecule has 0 radical (unpaired) electrons. The van der Waals surface area contributed by atoms with Crippen molar-refractivity contribution in [3.8, 4) is 0 Å². The number of thiophene rings is 1. The van der Waals surface area contributed by atoms with Crippen LogP contribution in [0.3, 0.4) is 0 Å². The van der Waals surface area contributed by atoms with Crippen LogP contribution in [0.25, 0.3) is 0 Å². The molecular weight excluding hydrogens is 178 g/mol. The summed E-state index contributed by atoms with van der Waals surface area (Å²) >= 11 is 1.77. The summed E-state index contributed by atoms with van der Waals surface area (Å²) in [6, 6.07) is 4.47. The van der Waals surface area contributed by atoms with Crippen LogP contribution in [0.1, 0.15) is 44.0 Å². The van der Waals surface area contributed by atoms with Crippen LogP contribution in [-0.2, 0) is 0 Å². The van der Waals surface area contributed by atoms with Gasteiger partial charge in [0.15, 0.2) is 0 Å². The fourth-order valence-corrected chi connectivity index (χ4v) is 2.34. The maximum absolute atomic E-state index is 6.10. The van der Waals surface area contributed by atoms with Crippen LogP contribution in [0.2, 0.25) is 0 Å². The van der Waals surface area contributed by atoms with Crippen molar-refractivity contribution in [3.63, 3.8) is 0 Å². The van der Waals surface area contributed by atoms with Crippen LogP contribution in [0.15, 0.2) is 17.5 Å². The zero-order valence-electron chi connectivity index (χ0n) is 8.49. The van der Waals surface area contributed by atoms with Crippen LogP contribution < -0.4 is 5.73 Å². The lowest BCUT2D eigenvalue weighted by atomic mass is 9.94.